The molecule has 3 aromatic rings. The quantitative estimate of drug-likeness (QED) is 0.465. The first-order chi connectivity index (χ1) is 16.4. The summed E-state index contributed by atoms with van der Waals surface area (Å²) in [7, 11) is -4.49. The fourth-order valence-corrected chi connectivity index (χ4v) is 5.28. The van der Waals surface area contributed by atoms with Crippen LogP contribution >= 0.6 is 11.6 Å². The number of hydrogen-bond donors (Lipinski definition) is 1. The van der Waals surface area contributed by atoms with Gasteiger partial charge in [0, 0.05) is 18.2 Å². The van der Waals surface area contributed by atoms with Crippen molar-refractivity contribution in [3.63, 3.8) is 0 Å². The number of carbonyl (C=O) groups is 1. The number of fused-ring (bicyclic) bond motifs is 1. The summed E-state index contributed by atoms with van der Waals surface area (Å²) >= 11 is 5.86. The van der Waals surface area contributed by atoms with Gasteiger partial charge in [-0.1, -0.05) is 6.07 Å². The summed E-state index contributed by atoms with van der Waals surface area (Å²) in [5.41, 5.74) is -0.192. The molecule has 1 aliphatic rings. The van der Waals surface area contributed by atoms with Crippen molar-refractivity contribution in [3.05, 3.63) is 65.6 Å². The van der Waals surface area contributed by atoms with Gasteiger partial charge in [-0.05, 0) is 60.5 Å². The molecule has 1 unspecified atom stereocenters. The van der Waals surface area contributed by atoms with Gasteiger partial charge in [0.2, 0.25) is 5.28 Å². The molecule has 0 spiro atoms. The molecule has 0 saturated carbocycles. The van der Waals surface area contributed by atoms with Crippen LogP contribution in [0, 0.1) is 0 Å². The Bertz CT molecular complexity index is 1380. The number of benzene rings is 2. The van der Waals surface area contributed by atoms with Gasteiger partial charge in [0.1, 0.15) is 11.9 Å². The maximum Gasteiger partial charge on any atom is 0.416 e. The van der Waals surface area contributed by atoms with Crippen LogP contribution in [-0.4, -0.2) is 42.1 Å². The Morgan fingerprint density at radius 1 is 1.20 bits per heavy atom. The van der Waals surface area contributed by atoms with E-state index in [9.17, 15) is 26.4 Å². The molecule has 0 radical (unpaired) electrons. The summed E-state index contributed by atoms with van der Waals surface area (Å²) in [4.78, 5) is 18.4. The molecule has 8 nitrogen and oxygen atoms in total. The van der Waals surface area contributed by atoms with Crippen molar-refractivity contribution >= 4 is 33.3 Å². The smallest absolute Gasteiger partial charge is 0.416 e. The Hall–Kier alpha value is -3.38. The van der Waals surface area contributed by atoms with Gasteiger partial charge >= 0.3 is 12.1 Å². The average molecular weight is 528 g/mol. The van der Waals surface area contributed by atoms with Crippen molar-refractivity contribution in [2.24, 2.45) is 0 Å². The maximum absolute atomic E-state index is 13.6. The number of nitrogens with zero attached hydrogens (tertiary/aromatic N) is 3. The Morgan fingerprint density at radius 2 is 1.97 bits per heavy atom. The van der Waals surface area contributed by atoms with Gasteiger partial charge in [0.25, 0.3) is 10.0 Å². The van der Waals surface area contributed by atoms with Crippen LogP contribution in [0.25, 0.3) is 11.3 Å². The van der Waals surface area contributed by atoms with E-state index < -0.39 is 38.7 Å². The normalized spacial score (nSPS) is 15.9. The minimum Gasteiger partial charge on any atom is -0.486 e. The van der Waals surface area contributed by atoms with E-state index in [2.05, 4.69) is 9.97 Å². The van der Waals surface area contributed by atoms with Crippen LogP contribution < -0.4 is 9.04 Å². The summed E-state index contributed by atoms with van der Waals surface area (Å²) in [5, 5.41) is 8.99. The number of aromatic nitrogens is 2. The standard InChI is InChI=1S/C22H17ClF3N3O5S/c23-21-27-9-8-17(28-21)13-4-6-19-18(10-13)29(12-15(34-19)5-7-20(30)31)35(32,33)16-3-1-2-14(11-16)22(24,25)26/h1-4,6,8-11,15H,5,7,12H2,(H,30,31). The largest absolute Gasteiger partial charge is 0.486 e. The third kappa shape index (κ3) is 5.33. The van der Waals surface area contributed by atoms with Crippen molar-refractivity contribution in [2.45, 2.75) is 30.0 Å². The van der Waals surface area contributed by atoms with Crippen molar-refractivity contribution in [1.29, 1.82) is 0 Å². The van der Waals surface area contributed by atoms with Crippen LogP contribution in [0.2, 0.25) is 5.28 Å². The molecule has 1 aromatic heterocycles. The molecule has 184 valence electrons. The number of halogens is 4. The predicted octanol–water partition coefficient (Wildman–Crippen LogP) is 4.64. The van der Waals surface area contributed by atoms with Crippen molar-refractivity contribution < 1.29 is 36.2 Å². The summed E-state index contributed by atoms with van der Waals surface area (Å²) in [6.45, 7) is -0.299. The van der Waals surface area contributed by atoms with Crippen LogP contribution in [0.4, 0.5) is 18.9 Å². The van der Waals surface area contributed by atoms with Gasteiger partial charge in [-0.2, -0.15) is 13.2 Å². The van der Waals surface area contributed by atoms with Crippen LogP contribution in [0.3, 0.4) is 0 Å². The SMILES string of the molecule is O=C(O)CCC1CN(S(=O)(=O)c2cccc(C(F)(F)F)c2)c2cc(-c3ccnc(Cl)n3)ccc2O1. The molecule has 0 saturated heterocycles. The second-order valence-electron chi connectivity index (χ2n) is 7.63. The fourth-order valence-electron chi connectivity index (χ4n) is 3.59. The van der Waals surface area contributed by atoms with Crippen LogP contribution in [0.15, 0.2) is 59.6 Å². The molecule has 0 fully saturated rings. The van der Waals surface area contributed by atoms with Crippen LogP contribution in [0.1, 0.15) is 18.4 Å². The van der Waals surface area contributed by atoms with Crippen LogP contribution in [0.5, 0.6) is 5.75 Å². The molecule has 35 heavy (non-hydrogen) atoms. The Balaban J connectivity index is 1.81. The number of hydrogen-bond acceptors (Lipinski definition) is 6. The molecule has 4 rings (SSSR count). The lowest BCUT2D eigenvalue weighted by molar-refractivity contribution is -0.138. The topological polar surface area (TPSA) is 110 Å². The summed E-state index contributed by atoms with van der Waals surface area (Å²) < 4.78 is 73.6. The Kier molecular flexibility index (Phi) is 6.60. The number of aliphatic carboxylic acids is 1. The minimum atomic E-state index is -4.74. The number of sulfonamides is 1. The molecule has 1 aliphatic heterocycles. The lowest BCUT2D eigenvalue weighted by Crippen LogP contribution is -2.43. The first-order valence-corrected chi connectivity index (χ1v) is 12.0. The fraction of sp³-hybridized carbons (Fsp3) is 0.227. The molecule has 0 aliphatic carbocycles. The Labute approximate surface area is 203 Å². The molecule has 13 heteroatoms. The maximum atomic E-state index is 13.6. The summed E-state index contributed by atoms with van der Waals surface area (Å²) in [5.74, 6) is -0.964. The van der Waals surface area contributed by atoms with E-state index in [1.807, 2.05) is 0 Å². The van der Waals surface area contributed by atoms with Crippen molar-refractivity contribution in [2.75, 3.05) is 10.8 Å². The van der Waals surface area contributed by atoms with E-state index in [0.29, 0.717) is 17.3 Å². The first kappa shape index (κ1) is 24.7. The summed E-state index contributed by atoms with van der Waals surface area (Å²) in [6, 6.07) is 9.53. The zero-order valence-electron chi connectivity index (χ0n) is 17.7. The lowest BCUT2D eigenvalue weighted by atomic mass is 10.1. The highest BCUT2D eigenvalue weighted by Gasteiger charge is 2.37. The lowest BCUT2D eigenvalue weighted by Gasteiger charge is -2.35. The molecule has 0 bridgehead atoms. The number of ether oxygens (including phenoxy) is 1. The zero-order chi connectivity index (χ0) is 25.4. The summed E-state index contributed by atoms with van der Waals surface area (Å²) in [6.07, 6.45) is -4.45. The van der Waals surface area contributed by atoms with E-state index in [0.717, 1.165) is 22.5 Å². The molecule has 1 N–H and O–H groups in total. The molecule has 1 atom stereocenters. The second-order valence-corrected chi connectivity index (χ2v) is 9.83. The highest BCUT2D eigenvalue weighted by molar-refractivity contribution is 7.92. The monoisotopic (exact) mass is 527 g/mol. The number of rotatable bonds is 6. The zero-order valence-corrected chi connectivity index (χ0v) is 19.3. The van der Waals surface area contributed by atoms with E-state index in [1.165, 1.54) is 18.3 Å². The number of carboxylic acids is 1. The third-order valence-electron chi connectivity index (χ3n) is 5.24. The predicted molar refractivity (Wildman–Crippen MR) is 120 cm³/mol. The van der Waals surface area contributed by atoms with Gasteiger partial charge in [0.05, 0.1) is 28.4 Å². The number of alkyl halides is 3. The van der Waals surface area contributed by atoms with Gasteiger partial charge in [-0.15, -0.1) is 0 Å². The van der Waals surface area contributed by atoms with E-state index >= 15 is 0 Å². The molecule has 2 heterocycles. The number of carboxylic acid groups (broad SMARTS) is 1. The molecular weight excluding hydrogens is 511 g/mol. The van der Waals surface area contributed by atoms with Gasteiger partial charge < -0.3 is 9.84 Å². The molecule has 2 aromatic carbocycles. The molecule has 0 amide bonds. The highest BCUT2D eigenvalue weighted by Crippen LogP contribution is 2.41. The van der Waals surface area contributed by atoms with Crippen LogP contribution in [-0.2, 0) is 21.0 Å². The van der Waals surface area contributed by atoms with Gasteiger partial charge in [0.15, 0.2) is 0 Å². The molecular formula is C22H17ClF3N3O5S. The van der Waals surface area contributed by atoms with Crippen molar-refractivity contribution in [1.82, 2.24) is 9.97 Å². The van der Waals surface area contributed by atoms with Gasteiger partial charge in [-0.3, -0.25) is 9.10 Å². The Morgan fingerprint density at radius 3 is 2.66 bits per heavy atom. The van der Waals surface area contributed by atoms with Crippen molar-refractivity contribution in [3.8, 4) is 17.0 Å². The first-order valence-electron chi connectivity index (χ1n) is 10.2. The van der Waals surface area contributed by atoms with E-state index in [1.54, 1.807) is 12.1 Å². The highest BCUT2D eigenvalue weighted by atomic mass is 35.5. The van der Waals surface area contributed by atoms with E-state index in [4.69, 9.17) is 21.4 Å². The third-order valence-corrected chi connectivity index (χ3v) is 7.20. The average Bonchev–Trinajstić information content (AvgIpc) is 2.81. The number of anilines is 1. The minimum absolute atomic E-state index is 0.00729. The van der Waals surface area contributed by atoms with Gasteiger partial charge in [-0.25, -0.2) is 18.4 Å². The van der Waals surface area contributed by atoms with E-state index in [-0.39, 0.29) is 36.1 Å². The second kappa shape index (κ2) is 9.34.